The summed E-state index contributed by atoms with van der Waals surface area (Å²) in [5.41, 5.74) is 3.22. The van der Waals surface area contributed by atoms with Crippen molar-refractivity contribution in [2.75, 3.05) is 11.5 Å². The number of amides is 1. The van der Waals surface area contributed by atoms with Gasteiger partial charge >= 0.3 is 0 Å². The van der Waals surface area contributed by atoms with Crippen molar-refractivity contribution in [1.82, 2.24) is 0 Å². The molecule has 0 radical (unpaired) electrons. The molecule has 2 atom stereocenters. The third-order valence-corrected chi connectivity index (χ3v) is 6.87. The second-order valence-electron chi connectivity index (χ2n) is 8.06. The number of aliphatic hydroxyl groups excluding tert-OH is 2. The van der Waals surface area contributed by atoms with E-state index in [1.807, 2.05) is 62.4 Å². The van der Waals surface area contributed by atoms with Gasteiger partial charge in [-0.25, -0.2) is 0 Å². The number of aliphatic hydroxyl groups is 2. The maximum Gasteiger partial charge on any atom is 0.287 e. The molecule has 1 aliphatic rings. The SMILES string of the molecule is C=C(/C=C\C=C\O)/C(=C/C=C(\CO)C1[C@@H](CCC(=O)/C=C/CC)SC(=O)N1c1ccccc1)CC. The lowest BCUT2D eigenvalue weighted by molar-refractivity contribution is -0.114. The van der Waals surface area contributed by atoms with Crippen LogP contribution in [0.15, 0.2) is 102 Å². The zero-order chi connectivity index (χ0) is 25.6. The van der Waals surface area contributed by atoms with Crippen LogP contribution in [0.2, 0.25) is 0 Å². The molecule has 186 valence electrons. The molecule has 0 spiro atoms. The minimum Gasteiger partial charge on any atom is -0.516 e. The number of anilines is 1. The average Bonchev–Trinajstić information content (AvgIpc) is 3.20. The summed E-state index contributed by atoms with van der Waals surface area (Å²) in [6.45, 7) is 7.87. The van der Waals surface area contributed by atoms with E-state index in [1.54, 1.807) is 23.1 Å². The molecule has 1 unspecified atom stereocenters. The molecule has 0 aromatic heterocycles. The first-order valence-corrected chi connectivity index (χ1v) is 12.8. The number of nitrogens with zero attached hydrogens (tertiary/aromatic N) is 1. The molecule has 1 aromatic rings. The van der Waals surface area contributed by atoms with Crippen molar-refractivity contribution in [3.05, 3.63) is 102 Å². The number of thioether (sulfide) groups is 1. The lowest BCUT2D eigenvalue weighted by Gasteiger charge is -2.29. The molecule has 0 aliphatic carbocycles. The first-order chi connectivity index (χ1) is 17.0. The molecular formula is C29H35NO4S. The molecule has 0 bridgehead atoms. The number of para-hydroxylation sites is 1. The highest BCUT2D eigenvalue weighted by molar-refractivity contribution is 8.14. The van der Waals surface area contributed by atoms with E-state index in [9.17, 15) is 14.7 Å². The van der Waals surface area contributed by atoms with Crippen LogP contribution in [0.25, 0.3) is 0 Å². The molecule has 2 rings (SSSR count). The summed E-state index contributed by atoms with van der Waals surface area (Å²) in [5.74, 6) is 0.0412. The summed E-state index contributed by atoms with van der Waals surface area (Å²) in [4.78, 5) is 27.1. The predicted molar refractivity (Wildman–Crippen MR) is 147 cm³/mol. The normalized spacial score (nSPS) is 19.5. The summed E-state index contributed by atoms with van der Waals surface area (Å²) in [6.07, 6.45) is 15.6. The highest BCUT2D eigenvalue weighted by Crippen LogP contribution is 2.41. The van der Waals surface area contributed by atoms with Crippen molar-refractivity contribution in [2.24, 2.45) is 0 Å². The Morgan fingerprint density at radius 2 is 1.89 bits per heavy atom. The fourth-order valence-electron chi connectivity index (χ4n) is 3.86. The minimum absolute atomic E-state index is 0.0412. The van der Waals surface area contributed by atoms with Crippen molar-refractivity contribution < 1.29 is 19.8 Å². The van der Waals surface area contributed by atoms with Gasteiger partial charge in [-0.1, -0.05) is 80.8 Å². The number of allylic oxidation sites excluding steroid dienone is 9. The largest absolute Gasteiger partial charge is 0.516 e. The van der Waals surface area contributed by atoms with Gasteiger partial charge < -0.3 is 10.2 Å². The van der Waals surface area contributed by atoms with E-state index in [-0.39, 0.29) is 28.9 Å². The third kappa shape index (κ3) is 8.26. The molecule has 0 saturated carbocycles. The van der Waals surface area contributed by atoms with Crippen LogP contribution >= 0.6 is 11.8 Å². The number of carbonyl (C=O) groups is 2. The van der Waals surface area contributed by atoms with E-state index in [4.69, 9.17) is 5.11 Å². The minimum atomic E-state index is -0.377. The van der Waals surface area contributed by atoms with Crippen molar-refractivity contribution >= 4 is 28.5 Å². The standard InChI is InChI=1S/C29H35NO4S/c1-4-6-15-26(33)18-19-27-28(30(29(34)35-27)25-13-8-7-9-14-25)24(21-32)17-16-23(5-2)22(3)12-10-11-20-31/h6-17,20,27-28,31-32H,3-5,18-19,21H2,1-2H3/b12-10-,15-6+,20-11+,23-16+,24-17+/t27-,28?/m1/s1. The lowest BCUT2D eigenvalue weighted by Crippen LogP contribution is -2.39. The van der Waals surface area contributed by atoms with Crippen molar-refractivity contribution in [3.63, 3.8) is 0 Å². The maximum absolute atomic E-state index is 13.1. The fraction of sp³-hybridized carbons (Fsp3) is 0.310. The molecule has 5 nitrogen and oxygen atoms in total. The van der Waals surface area contributed by atoms with E-state index in [0.29, 0.717) is 18.4 Å². The summed E-state index contributed by atoms with van der Waals surface area (Å²) in [6, 6.07) is 9.04. The van der Waals surface area contributed by atoms with Crippen molar-refractivity contribution in [2.45, 2.75) is 50.8 Å². The van der Waals surface area contributed by atoms with Crippen LogP contribution < -0.4 is 4.90 Å². The number of benzene rings is 1. The quantitative estimate of drug-likeness (QED) is 0.178. The van der Waals surface area contributed by atoms with Crippen LogP contribution in [0.1, 0.15) is 39.5 Å². The van der Waals surface area contributed by atoms with Crippen LogP contribution in [-0.2, 0) is 4.79 Å². The first-order valence-electron chi connectivity index (χ1n) is 11.9. The van der Waals surface area contributed by atoms with Gasteiger partial charge in [-0.2, -0.15) is 0 Å². The molecule has 2 N–H and O–H groups in total. The number of ketones is 1. The summed E-state index contributed by atoms with van der Waals surface area (Å²) < 4.78 is 0. The zero-order valence-electron chi connectivity index (χ0n) is 20.5. The van der Waals surface area contributed by atoms with Crippen LogP contribution in [-0.4, -0.2) is 39.1 Å². The molecule has 1 saturated heterocycles. The Morgan fingerprint density at radius 3 is 2.51 bits per heavy atom. The molecule has 1 fully saturated rings. The van der Waals surface area contributed by atoms with E-state index >= 15 is 0 Å². The Balaban J connectivity index is 2.41. The third-order valence-electron chi connectivity index (χ3n) is 5.68. The second kappa shape index (κ2) is 15.0. The lowest BCUT2D eigenvalue weighted by atomic mass is 9.96. The van der Waals surface area contributed by atoms with Gasteiger partial charge in [-0.05, 0) is 60.3 Å². The smallest absolute Gasteiger partial charge is 0.287 e. The van der Waals surface area contributed by atoms with Crippen LogP contribution in [0.4, 0.5) is 10.5 Å². The summed E-state index contributed by atoms with van der Waals surface area (Å²) in [5, 5.41) is 18.9. The Morgan fingerprint density at radius 1 is 1.14 bits per heavy atom. The predicted octanol–water partition coefficient (Wildman–Crippen LogP) is 6.85. The van der Waals surface area contributed by atoms with Crippen LogP contribution in [0.5, 0.6) is 0 Å². The van der Waals surface area contributed by atoms with Gasteiger partial charge in [0.05, 0.1) is 18.9 Å². The molecule has 1 aromatic carbocycles. The maximum atomic E-state index is 13.1. The van der Waals surface area contributed by atoms with Gasteiger partial charge in [0, 0.05) is 17.4 Å². The molecule has 1 heterocycles. The molecule has 1 aliphatic heterocycles. The molecular weight excluding hydrogens is 458 g/mol. The van der Waals surface area contributed by atoms with Gasteiger partial charge in [0.2, 0.25) is 0 Å². The number of rotatable bonds is 13. The summed E-state index contributed by atoms with van der Waals surface area (Å²) in [7, 11) is 0. The van der Waals surface area contributed by atoms with Gasteiger partial charge in [0.15, 0.2) is 5.78 Å². The highest BCUT2D eigenvalue weighted by atomic mass is 32.2. The number of hydrogen-bond acceptors (Lipinski definition) is 5. The Bertz CT molecular complexity index is 1020. The van der Waals surface area contributed by atoms with E-state index in [2.05, 4.69) is 6.58 Å². The molecule has 35 heavy (non-hydrogen) atoms. The van der Waals surface area contributed by atoms with E-state index in [1.165, 1.54) is 17.8 Å². The van der Waals surface area contributed by atoms with E-state index < -0.39 is 0 Å². The zero-order valence-corrected chi connectivity index (χ0v) is 21.3. The molecule has 6 heteroatoms. The van der Waals surface area contributed by atoms with Crippen LogP contribution in [0.3, 0.4) is 0 Å². The van der Waals surface area contributed by atoms with Crippen molar-refractivity contribution in [1.29, 1.82) is 0 Å². The summed E-state index contributed by atoms with van der Waals surface area (Å²) >= 11 is 1.22. The average molecular weight is 494 g/mol. The van der Waals surface area contributed by atoms with E-state index in [0.717, 1.165) is 35.9 Å². The fourth-order valence-corrected chi connectivity index (χ4v) is 5.11. The van der Waals surface area contributed by atoms with Gasteiger partial charge in [0.25, 0.3) is 5.24 Å². The topological polar surface area (TPSA) is 77.8 Å². The van der Waals surface area contributed by atoms with Crippen LogP contribution in [0, 0.1) is 0 Å². The monoisotopic (exact) mass is 493 g/mol. The highest BCUT2D eigenvalue weighted by Gasteiger charge is 2.43. The molecule has 1 amide bonds. The first kappa shape index (κ1) is 28.1. The van der Waals surface area contributed by atoms with Gasteiger partial charge in [-0.3, -0.25) is 14.5 Å². The Kier molecular flexibility index (Phi) is 12.1. The van der Waals surface area contributed by atoms with Crippen molar-refractivity contribution in [3.8, 4) is 0 Å². The number of hydrogen-bond donors (Lipinski definition) is 2. The number of carbonyl (C=O) groups excluding carboxylic acids is 2. The second-order valence-corrected chi connectivity index (χ2v) is 9.25. The Hall–Kier alpha value is -3.09. The Labute approximate surface area is 212 Å². The van der Waals surface area contributed by atoms with Gasteiger partial charge in [0.1, 0.15) is 0 Å². The van der Waals surface area contributed by atoms with Gasteiger partial charge in [-0.15, -0.1) is 0 Å².